The van der Waals surface area contributed by atoms with Crippen molar-refractivity contribution in [2.45, 2.75) is 32.7 Å². The van der Waals surface area contributed by atoms with Gasteiger partial charge in [-0.15, -0.1) is 0 Å². The van der Waals surface area contributed by atoms with Crippen molar-refractivity contribution < 1.29 is 23.5 Å². The Hall–Kier alpha value is -2.30. The number of rotatable bonds is 8. The third kappa shape index (κ3) is 6.54. The van der Waals surface area contributed by atoms with Crippen molar-refractivity contribution in [3.8, 4) is 5.75 Å². The first-order valence-corrected chi connectivity index (χ1v) is 10.1. The summed E-state index contributed by atoms with van der Waals surface area (Å²) in [7, 11) is -4.14. The topological polar surface area (TPSA) is 84.9 Å². The molecule has 0 aliphatic carbocycles. The molecule has 2 aromatic rings. The van der Waals surface area contributed by atoms with Crippen LogP contribution in [0.15, 0.2) is 60.7 Å². The van der Waals surface area contributed by atoms with Crippen LogP contribution < -0.4 is 9.84 Å². The molecule has 2 rings (SSSR count). The first kappa shape index (κ1) is 20.0. The van der Waals surface area contributed by atoms with E-state index in [9.17, 15) is 14.3 Å². The summed E-state index contributed by atoms with van der Waals surface area (Å²) < 4.78 is 23.1. The number of hydrogen-bond acceptors (Lipinski definition) is 4. The normalized spacial score (nSPS) is 14.3. The number of amides is 1. The first-order chi connectivity index (χ1) is 12.4. The molecule has 2 N–H and O–H groups in total. The van der Waals surface area contributed by atoms with Gasteiger partial charge in [-0.25, -0.2) is 9.36 Å². The monoisotopic (exact) mass is 377 g/mol. The van der Waals surface area contributed by atoms with E-state index in [-0.39, 0.29) is 24.7 Å². The van der Waals surface area contributed by atoms with Gasteiger partial charge in [-0.05, 0) is 30.0 Å². The quantitative estimate of drug-likeness (QED) is 0.659. The van der Waals surface area contributed by atoms with Crippen LogP contribution in [-0.2, 0) is 15.9 Å². The van der Waals surface area contributed by atoms with E-state index in [2.05, 4.69) is 5.32 Å². The Kier molecular flexibility index (Phi) is 7.25. The van der Waals surface area contributed by atoms with Gasteiger partial charge in [0.05, 0.1) is 0 Å². The Morgan fingerprint density at radius 3 is 2.23 bits per heavy atom. The number of para-hydroxylation sites is 1. The van der Waals surface area contributed by atoms with Gasteiger partial charge in [-0.1, -0.05) is 62.4 Å². The molecule has 0 aliphatic heterocycles. The highest BCUT2D eigenvalue weighted by molar-refractivity contribution is 7.54. The number of ether oxygens (including phenoxy) is 1. The molecule has 1 amide bonds. The van der Waals surface area contributed by atoms with E-state index in [0.29, 0.717) is 0 Å². The van der Waals surface area contributed by atoms with Crippen LogP contribution in [0.3, 0.4) is 0 Å². The van der Waals surface area contributed by atoms with Gasteiger partial charge in [0.25, 0.3) is 0 Å². The van der Waals surface area contributed by atoms with Crippen molar-refractivity contribution in [2.75, 3.05) is 0 Å². The Bertz CT molecular complexity index is 736. The molecule has 140 valence electrons. The maximum Gasteiger partial charge on any atom is 0.408 e. The van der Waals surface area contributed by atoms with Crippen molar-refractivity contribution in [3.05, 3.63) is 66.2 Å². The van der Waals surface area contributed by atoms with E-state index in [1.54, 1.807) is 30.3 Å². The molecule has 0 aromatic heterocycles. The van der Waals surface area contributed by atoms with Crippen LogP contribution in [0.5, 0.6) is 5.75 Å². The van der Waals surface area contributed by atoms with Crippen LogP contribution in [0.2, 0.25) is 0 Å². The lowest BCUT2D eigenvalue weighted by Gasteiger charge is -2.25. The predicted octanol–water partition coefficient (Wildman–Crippen LogP) is 4.55. The van der Waals surface area contributed by atoms with Gasteiger partial charge in [-0.3, -0.25) is 0 Å². The highest BCUT2D eigenvalue weighted by atomic mass is 31.2. The molecular formula is C19H24NO5P. The zero-order valence-electron chi connectivity index (χ0n) is 14.9. The molecule has 0 saturated heterocycles. The number of hydrogen-bond donors (Lipinski definition) is 2. The second kappa shape index (κ2) is 9.41. The fourth-order valence-corrected chi connectivity index (χ4v) is 3.82. The fraction of sp³-hybridized carbons (Fsp3) is 0.316. The summed E-state index contributed by atoms with van der Waals surface area (Å²) >= 11 is 0. The van der Waals surface area contributed by atoms with E-state index in [1.807, 2.05) is 44.2 Å². The fourth-order valence-electron chi connectivity index (χ4n) is 2.32. The van der Waals surface area contributed by atoms with Crippen LogP contribution in [0, 0.1) is 5.92 Å². The minimum Gasteiger partial charge on any atom is -0.445 e. The molecule has 7 heteroatoms. The van der Waals surface area contributed by atoms with Gasteiger partial charge < -0.3 is 19.5 Å². The highest BCUT2D eigenvalue weighted by Crippen LogP contribution is 2.48. The van der Waals surface area contributed by atoms with Gasteiger partial charge >= 0.3 is 13.7 Å². The molecule has 0 heterocycles. The van der Waals surface area contributed by atoms with Gasteiger partial charge in [0.2, 0.25) is 0 Å². The SMILES string of the molecule is CC(C)C[C@H](NC(=O)OCc1ccccc1)P(=O)(O)Oc1ccccc1. The summed E-state index contributed by atoms with van der Waals surface area (Å²) in [5.74, 6) is -0.716. The molecule has 0 saturated carbocycles. The molecule has 0 fully saturated rings. The molecule has 1 unspecified atom stereocenters. The standard InChI is InChI=1S/C19H24NO5P/c1-15(2)13-18(26(22,23)25-17-11-7-4-8-12-17)20-19(21)24-14-16-9-5-3-6-10-16/h3-12,15,18H,13-14H2,1-2H3,(H,20,21)(H,22,23)/t18-/m1/s1. The number of nitrogens with one attached hydrogen (secondary N) is 1. The smallest absolute Gasteiger partial charge is 0.408 e. The summed E-state index contributed by atoms with van der Waals surface area (Å²) in [6.07, 6.45) is -0.480. The maximum absolute atomic E-state index is 12.7. The van der Waals surface area contributed by atoms with Crippen LogP contribution in [0.1, 0.15) is 25.8 Å². The first-order valence-electron chi connectivity index (χ1n) is 8.41. The molecule has 6 nitrogen and oxygen atoms in total. The van der Waals surface area contributed by atoms with Crippen molar-refractivity contribution in [1.82, 2.24) is 5.32 Å². The van der Waals surface area contributed by atoms with Crippen LogP contribution >= 0.6 is 7.60 Å². The molecule has 0 spiro atoms. The van der Waals surface area contributed by atoms with Gasteiger partial charge in [0.15, 0.2) is 0 Å². The van der Waals surface area contributed by atoms with Crippen molar-refractivity contribution in [3.63, 3.8) is 0 Å². The minimum absolute atomic E-state index is 0.0780. The van der Waals surface area contributed by atoms with Crippen molar-refractivity contribution in [2.24, 2.45) is 5.92 Å². The molecule has 26 heavy (non-hydrogen) atoms. The second-order valence-electron chi connectivity index (χ2n) is 6.32. The molecule has 2 aromatic carbocycles. The Labute approximate surface area is 153 Å². The lowest BCUT2D eigenvalue weighted by molar-refractivity contribution is 0.136. The average Bonchev–Trinajstić information content (AvgIpc) is 2.60. The van der Waals surface area contributed by atoms with E-state index in [1.165, 1.54) is 0 Å². The number of benzene rings is 2. The lowest BCUT2D eigenvalue weighted by atomic mass is 10.1. The second-order valence-corrected chi connectivity index (χ2v) is 8.25. The highest BCUT2D eigenvalue weighted by Gasteiger charge is 2.36. The summed E-state index contributed by atoms with van der Waals surface area (Å²) in [6, 6.07) is 17.6. The zero-order valence-corrected chi connectivity index (χ0v) is 15.8. The van der Waals surface area contributed by atoms with Crippen molar-refractivity contribution >= 4 is 13.7 Å². The molecule has 0 aliphatic rings. The number of carbonyl (C=O) groups excluding carboxylic acids is 1. The van der Waals surface area contributed by atoms with Gasteiger partial charge in [0, 0.05) is 0 Å². The van der Waals surface area contributed by atoms with Crippen LogP contribution in [0.25, 0.3) is 0 Å². The van der Waals surface area contributed by atoms with E-state index >= 15 is 0 Å². The number of carbonyl (C=O) groups is 1. The summed E-state index contributed by atoms with van der Waals surface area (Å²) in [6.45, 7) is 3.87. The Balaban J connectivity index is 2.01. The molecule has 0 radical (unpaired) electrons. The summed E-state index contributed by atoms with van der Waals surface area (Å²) in [5, 5.41) is 2.48. The van der Waals surface area contributed by atoms with Crippen LogP contribution in [0.4, 0.5) is 4.79 Å². The minimum atomic E-state index is -4.14. The maximum atomic E-state index is 12.7. The third-order valence-electron chi connectivity index (χ3n) is 3.57. The van der Waals surface area contributed by atoms with Gasteiger partial charge in [-0.2, -0.15) is 0 Å². The molecule has 0 bridgehead atoms. The predicted molar refractivity (Wildman–Crippen MR) is 99.9 cm³/mol. The van der Waals surface area contributed by atoms with E-state index < -0.39 is 19.5 Å². The average molecular weight is 377 g/mol. The zero-order chi connectivity index (χ0) is 19.0. The number of alkyl carbamates (subject to hydrolysis) is 1. The van der Waals surface area contributed by atoms with Crippen LogP contribution in [-0.4, -0.2) is 16.8 Å². The lowest BCUT2D eigenvalue weighted by Crippen LogP contribution is -2.37. The molecule has 2 atom stereocenters. The third-order valence-corrected chi connectivity index (χ3v) is 5.17. The van der Waals surface area contributed by atoms with E-state index in [4.69, 9.17) is 9.26 Å². The summed E-state index contributed by atoms with van der Waals surface area (Å²) in [4.78, 5) is 22.5. The molecular weight excluding hydrogens is 353 g/mol. The Morgan fingerprint density at radius 2 is 1.65 bits per heavy atom. The Morgan fingerprint density at radius 1 is 1.08 bits per heavy atom. The summed E-state index contributed by atoms with van der Waals surface area (Å²) in [5.41, 5.74) is 0.829. The van der Waals surface area contributed by atoms with Gasteiger partial charge in [0.1, 0.15) is 18.1 Å². The van der Waals surface area contributed by atoms with E-state index in [0.717, 1.165) is 5.56 Å². The van der Waals surface area contributed by atoms with Crippen molar-refractivity contribution in [1.29, 1.82) is 0 Å². The largest absolute Gasteiger partial charge is 0.445 e.